The Balaban J connectivity index is 1.17. The van der Waals surface area contributed by atoms with Gasteiger partial charge in [-0.2, -0.15) is 10.1 Å². The third kappa shape index (κ3) is 5.51. The van der Waals surface area contributed by atoms with Crippen molar-refractivity contribution in [1.29, 1.82) is 0 Å². The Morgan fingerprint density at radius 2 is 1.67 bits per heavy atom. The fourth-order valence-corrected chi connectivity index (χ4v) is 6.03. The Bertz CT molecular complexity index is 1170. The highest BCUT2D eigenvalue weighted by Gasteiger charge is 2.27. The lowest BCUT2D eigenvalue weighted by Gasteiger charge is -2.39. The maximum absolute atomic E-state index is 5.54. The second-order valence-electron chi connectivity index (χ2n) is 10.0. The Kier molecular flexibility index (Phi) is 7.36. The Morgan fingerprint density at radius 1 is 0.889 bits per heavy atom. The molecule has 1 saturated carbocycles. The van der Waals surface area contributed by atoms with Crippen molar-refractivity contribution >= 4 is 44.3 Å². The molecule has 2 saturated heterocycles. The highest BCUT2D eigenvalue weighted by atomic mass is 79.9. The molecule has 1 aromatic carbocycles. The molecule has 0 amide bonds. The van der Waals surface area contributed by atoms with Crippen LogP contribution in [0.15, 0.2) is 35.1 Å². The molecule has 2 N–H and O–H groups in total. The molecule has 0 bridgehead atoms. The summed E-state index contributed by atoms with van der Waals surface area (Å²) in [5.41, 5.74) is 1.81. The molecule has 0 radical (unpaired) electrons. The second kappa shape index (κ2) is 11.0. The van der Waals surface area contributed by atoms with Gasteiger partial charge >= 0.3 is 0 Å². The Hall–Kier alpha value is -2.27. The van der Waals surface area contributed by atoms with Gasteiger partial charge in [0.25, 0.3) is 0 Å². The standard InChI is InChI=1S/C26H34BrN7O2/c27-18-1-6-24-23(15-18)25(29-19-2-4-21(5-3-19)33-9-13-36-14-10-33)32-26(31-24)30-20-16-28-34(17-20)22-7-11-35-12-8-22/h1,6,15-17,19,21-22H,2-5,7-14H2,(H2,29,30,31,32). The van der Waals surface area contributed by atoms with Gasteiger partial charge in [-0.1, -0.05) is 15.9 Å². The third-order valence-electron chi connectivity index (χ3n) is 7.68. The SMILES string of the molecule is Brc1ccc2nc(Nc3cnn(C4CCOCC4)c3)nc(NC3CCC(N4CCOCC4)CC3)c2c1. The predicted octanol–water partition coefficient (Wildman–Crippen LogP) is 4.74. The van der Waals surface area contributed by atoms with E-state index >= 15 is 0 Å². The minimum atomic E-state index is 0.383. The molecule has 2 aliphatic heterocycles. The van der Waals surface area contributed by atoms with E-state index in [9.17, 15) is 0 Å². The monoisotopic (exact) mass is 555 g/mol. The van der Waals surface area contributed by atoms with Crippen LogP contribution in [0, 0.1) is 0 Å². The molecule has 2 aromatic heterocycles. The van der Waals surface area contributed by atoms with Gasteiger partial charge in [0, 0.05) is 54.4 Å². The first-order valence-corrected chi connectivity index (χ1v) is 13.9. The number of hydrogen-bond donors (Lipinski definition) is 2. The summed E-state index contributed by atoms with van der Waals surface area (Å²) in [4.78, 5) is 12.3. The molecule has 6 rings (SSSR count). The highest BCUT2D eigenvalue weighted by molar-refractivity contribution is 9.10. The van der Waals surface area contributed by atoms with Crippen LogP contribution in [0.4, 0.5) is 17.5 Å². The average Bonchev–Trinajstić information content (AvgIpc) is 3.39. The van der Waals surface area contributed by atoms with E-state index in [0.717, 1.165) is 92.1 Å². The number of fused-ring (bicyclic) bond motifs is 1. The summed E-state index contributed by atoms with van der Waals surface area (Å²) in [5.74, 6) is 1.47. The van der Waals surface area contributed by atoms with E-state index in [1.165, 1.54) is 12.8 Å². The molecular formula is C26H34BrN7O2. The topological polar surface area (TPSA) is 89.4 Å². The number of hydrogen-bond acceptors (Lipinski definition) is 8. The van der Waals surface area contributed by atoms with Crippen LogP contribution in [0.2, 0.25) is 0 Å². The molecule has 1 aliphatic carbocycles. The quantitative estimate of drug-likeness (QED) is 0.450. The highest BCUT2D eigenvalue weighted by Crippen LogP contribution is 2.31. The van der Waals surface area contributed by atoms with Crippen molar-refractivity contribution < 1.29 is 9.47 Å². The molecule has 3 fully saturated rings. The maximum Gasteiger partial charge on any atom is 0.229 e. The van der Waals surface area contributed by atoms with Gasteiger partial charge in [0.05, 0.1) is 36.7 Å². The molecular weight excluding hydrogens is 522 g/mol. The van der Waals surface area contributed by atoms with Crippen LogP contribution in [-0.4, -0.2) is 76.2 Å². The summed E-state index contributed by atoms with van der Waals surface area (Å²) < 4.78 is 14.1. The van der Waals surface area contributed by atoms with Crippen molar-refractivity contribution in [1.82, 2.24) is 24.6 Å². The number of nitrogens with zero attached hydrogens (tertiary/aromatic N) is 5. The van der Waals surface area contributed by atoms with Gasteiger partial charge in [-0.3, -0.25) is 9.58 Å². The smallest absolute Gasteiger partial charge is 0.229 e. The summed E-state index contributed by atoms with van der Waals surface area (Å²) in [6.07, 6.45) is 10.6. The van der Waals surface area contributed by atoms with Gasteiger partial charge in [0.15, 0.2) is 0 Å². The zero-order valence-electron chi connectivity index (χ0n) is 20.5. The predicted molar refractivity (Wildman–Crippen MR) is 144 cm³/mol. The molecule has 0 unspecified atom stereocenters. The number of rotatable bonds is 6. The molecule has 192 valence electrons. The van der Waals surface area contributed by atoms with Crippen LogP contribution < -0.4 is 10.6 Å². The zero-order valence-corrected chi connectivity index (χ0v) is 22.1. The van der Waals surface area contributed by atoms with Crippen LogP contribution in [0.1, 0.15) is 44.6 Å². The molecule has 0 atom stereocenters. The molecule has 9 nitrogen and oxygen atoms in total. The van der Waals surface area contributed by atoms with Crippen LogP contribution in [0.25, 0.3) is 10.9 Å². The van der Waals surface area contributed by atoms with E-state index in [-0.39, 0.29) is 0 Å². The van der Waals surface area contributed by atoms with Crippen molar-refractivity contribution in [3.05, 3.63) is 35.1 Å². The fourth-order valence-electron chi connectivity index (χ4n) is 5.67. The number of benzene rings is 1. The largest absolute Gasteiger partial charge is 0.381 e. The van der Waals surface area contributed by atoms with Crippen LogP contribution in [-0.2, 0) is 9.47 Å². The van der Waals surface area contributed by atoms with Crippen LogP contribution in [0.5, 0.6) is 0 Å². The zero-order chi connectivity index (χ0) is 24.3. The number of aromatic nitrogens is 4. The van der Waals surface area contributed by atoms with Crippen LogP contribution in [0.3, 0.4) is 0 Å². The maximum atomic E-state index is 5.54. The van der Waals surface area contributed by atoms with Gasteiger partial charge in [-0.15, -0.1) is 0 Å². The van der Waals surface area contributed by atoms with Gasteiger partial charge in [-0.25, -0.2) is 4.98 Å². The van der Waals surface area contributed by atoms with Crippen molar-refractivity contribution in [2.24, 2.45) is 0 Å². The number of morpholine rings is 1. The lowest BCUT2D eigenvalue weighted by molar-refractivity contribution is 0.00791. The Labute approximate surface area is 220 Å². The first-order valence-electron chi connectivity index (χ1n) is 13.2. The van der Waals surface area contributed by atoms with Crippen molar-refractivity contribution in [2.75, 3.05) is 50.2 Å². The minimum Gasteiger partial charge on any atom is -0.381 e. The molecule has 3 aliphatic rings. The minimum absolute atomic E-state index is 0.383. The van der Waals surface area contributed by atoms with Gasteiger partial charge < -0.3 is 20.1 Å². The van der Waals surface area contributed by atoms with Crippen molar-refractivity contribution in [3.8, 4) is 0 Å². The lowest BCUT2D eigenvalue weighted by atomic mass is 9.90. The number of anilines is 3. The molecule has 36 heavy (non-hydrogen) atoms. The number of ether oxygens (including phenoxy) is 2. The Morgan fingerprint density at radius 3 is 2.47 bits per heavy atom. The molecule has 3 aromatic rings. The van der Waals surface area contributed by atoms with Crippen molar-refractivity contribution in [2.45, 2.75) is 56.7 Å². The lowest BCUT2D eigenvalue weighted by Crippen LogP contribution is -2.46. The van der Waals surface area contributed by atoms with Gasteiger partial charge in [0.2, 0.25) is 5.95 Å². The van der Waals surface area contributed by atoms with E-state index in [2.05, 4.69) is 42.6 Å². The summed E-state index contributed by atoms with van der Waals surface area (Å²) >= 11 is 3.62. The second-order valence-corrected chi connectivity index (χ2v) is 10.9. The van der Waals surface area contributed by atoms with E-state index in [1.54, 1.807) is 0 Å². The number of nitrogens with one attached hydrogen (secondary N) is 2. The average molecular weight is 557 g/mol. The first kappa shape index (κ1) is 24.1. The van der Waals surface area contributed by atoms with Gasteiger partial charge in [0.1, 0.15) is 5.82 Å². The molecule has 10 heteroatoms. The fraction of sp³-hybridized carbons (Fsp3) is 0.577. The summed E-state index contributed by atoms with van der Waals surface area (Å²) in [7, 11) is 0. The normalized spacial score (nSPS) is 24.1. The van der Waals surface area contributed by atoms with E-state index < -0.39 is 0 Å². The number of halogens is 1. The van der Waals surface area contributed by atoms with E-state index in [4.69, 9.17) is 19.4 Å². The summed E-state index contributed by atoms with van der Waals surface area (Å²) in [6, 6.07) is 7.63. The first-order chi connectivity index (χ1) is 17.7. The third-order valence-corrected chi connectivity index (χ3v) is 8.17. The van der Waals surface area contributed by atoms with Crippen molar-refractivity contribution in [3.63, 3.8) is 0 Å². The summed E-state index contributed by atoms with van der Waals surface area (Å²) in [5, 5.41) is 12.8. The summed E-state index contributed by atoms with van der Waals surface area (Å²) in [6.45, 7) is 5.44. The van der Waals surface area contributed by atoms with E-state index in [0.29, 0.717) is 24.1 Å². The molecule has 0 spiro atoms. The van der Waals surface area contributed by atoms with E-state index in [1.807, 2.05) is 29.2 Å². The molecule has 4 heterocycles. The van der Waals surface area contributed by atoms with Crippen LogP contribution >= 0.6 is 15.9 Å². The van der Waals surface area contributed by atoms with Gasteiger partial charge in [-0.05, 0) is 56.7 Å².